The smallest absolute Gasteiger partial charge is 0.313 e. The summed E-state index contributed by atoms with van der Waals surface area (Å²) >= 11 is 7.31. The Balaban J connectivity index is 1.64. The van der Waals surface area contributed by atoms with E-state index in [0.29, 0.717) is 16.6 Å². The number of rotatable bonds is 6. The fraction of sp³-hybridized carbons (Fsp3) is 0.409. The minimum atomic E-state index is -0.781. The number of nitrogens with zero attached hydrogens (tertiary/aromatic N) is 1. The summed E-state index contributed by atoms with van der Waals surface area (Å²) in [6.07, 6.45) is 1.38. The number of thiophene rings is 1. The normalized spacial score (nSPS) is 14.2. The summed E-state index contributed by atoms with van der Waals surface area (Å²) in [5, 5.41) is 5.21. The fourth-order valence-corrected chi connectivity index (χ4v) is 4.59. The van der Waals surface area contributed by atoms with Crippen molar-refractivity contribution in [2.45, 2.75) is 32.8 Å². The molecule has 0 radical (unpaired) electrons. The van der Waals surface area contributed by atoms with E-state index in [1.54, 1.807) is 23.1 Å². The molecule has 1 aliphatic heterocycles. The van der Waals surface area contributed by atoms with Gasteiger partial charge < -0.3 is 20.3 Å². The summed E-state index contributed by atoms with van der Waals surface area (Å²) in [7, 11) is 1.53. The van der Waals surface area contributed by atoms with Gasteiger partial charge in [0.1, 0.15) is 6.10 Å². The molecule has 1 unspecified atom stereocenters. The highest BCUT2D eigenvalue weighted by Crippen LogP contribution is 2.31. The Kier molecular flexibility index (Phi) is 7.69. The number of hydrogen-bond donors (Lipinski definition) is 2. The topological polar surface area (TPSA) is 87.7 Å². The van der Waals surface area contributed by atoms with Crippen LogP contribution in [0.15, 0.2) is 30.3 Å². The Bertz CT molecular complexity index is 975. The first-order chi connectivity index (χ1) is 14.8. The lowest BCUT2D eigenvalue weighted by Gasteiger charge is -2.31. The zero-order chi connectivity index (χ0) is 22.5. The summed E-state index contributed by atoms with van der Waals surface area (Å²) in [6, 6.07) is 8.98. The van der Waals surface area contributed by atoms with Gasteiger partial charge in [-0.2, -0.15) is 0 Å². The number of anilines is 2. The number of amides is 3. The lowest BCUT2D eigenvalue weighted by molar-refractivity contribution is -0.136. The van der Waals surface area contributed by atoms with E-state index < -0.39 is 17.9 Å². The summed E-state index contributed by atoms with van der Waals surface area (Å²) < 4.78 is 6.01. The number of nitrogens with one attached hydrogen (secondary N) is 2. The number of hydrogen-bond acceptors (Lipinski definition) is 5. The lowest BCUT2D eigenvalue weighted by atomic mass is 9.99. The number of benzene rings is 1. The summed E-state index contributed by atoms with van der Waals surface area (Å²) in [6.45, 7) is 4.52. The van der Waals surface area contributed by atoms with E-state index in [-0.39, 0.29) is 18.4 Å². The third-order valence-corrected chi connectivity index (χ3v) is 6.40. The highest BCUT2D eigenvalue weighted by molar-refractivity contribution is 7.16. The summed E-state index contributed by atoms with van der Waals surface area (Å²) in [5.74, 6) is -1.63. The number of carbonyl (C=O) groups is 3. The van der Waals surface area contributed by atoms with Crippen molar-refractivity contribution in [3.05, 3.63) is 45.1 Å². The van der Waals surface area contributed by atoms with Gasteiger partial charge in [0, 0.05) is 42.4 Å². The zero-order valence-corrected chi connectivity index (χ0v) is 19.3. The van der Waals surface area contributed by atoms with Crippen molar-refractivity contribution in [1.29, 1.82) is 0 Å². The molecule has 0 spiro atoms. The van der Waals surface area contributed by atoms with Crippen LogP contribution in [0.1, 0.15) is 36.8 Å². The van der Waals surface area contributed by atoms with E-state index in [9.17, 15) is 14.4 Å². The molecule has 0 saturated carbocycles. The van der Waals surface area contributed by atoms with Crippen molar-refractivity contribution in [1.82, 2.24) is 5.32 Å². The Morgan fingerprint density at radius 3 is 2.61 bits per heavy atom. The Morgan fingerprint density at radius 2 is 1.97 bits per heavy atom. The molecule has 9 heteroatoms. The summed E-state index contributed by atoms with van der Waals surface area (Å²) in [5.41, 5.74) is 2.31. The monoisotopic (exact) mass is 463 g/mol. The van der Waals surface area contributed by atoms with Gasteiger partial charge in [-0.3, -0.25) is 14.4 Å². The quantitative estimate of drug-likeness (QED) is 0.638. The molecule has 0 aliphatic carbocycles. The van der Waals surface area contributed by atoms with E-state index in [1.165, 1.54) is 18.4 Å². The molecule has 0 bridgehead atoms. The minimum absolute atomic E-state index is 0.0430. The van der Waals surface area contributed by atoms with Crippen LogP contribution in [0.25, 0.3) is 0 Å². The molecule has 3 rings (SSSR count). The van der Waals surface area contributed by atoms with Gasteiger partial charge in [-0.25, -0.2) is 0 Å². The van der Waals surface area contributed by atoms with Crippen LogP contribution < -0.4 is 15.5 Å². The second-order valence-corrected chi connectivity index (χ2v) is 9.37. The molecule has 3 amide bonds. The minimum Gasteiger partial charge on any atom is -0.374 e. The zero-order valence-electron chi connectivity index (χ0n) is 17.7. The van der Waals surface area contributed by atoms with Gasteiger partial charge in [0.15, 0.2) is 0 Å². The summed E-state index contributed by atoms with van der Waals surface area (Å²) in [4.78, 5) is 39.8. The largest absolute Gasteiger partial charge is 0.374 e. The Hall–Kier alpha value is -2.42. The van der Waals surface area contributed by atoms with Gasteiger partial charge in [0.2, 0.25) is 5.91 Å². The van der Waals surface area contributed by atoms with E-state index in [4.69, 9.17) is 16.3 Å². The lowest BCUT2D eigenvalue weighted by Crippen LogP contribution is -2.39. The van der Waals surface area contributed by atoms with Gasteiger partial charge >= 0.3 is 11.8 Å². The van der Waals surface area contributed by atoms with E-state index in [0.717, 1.165) is 29.0 Å². The van der Waals surface area contributed by atoms with Crippen LogP contribution in [-0.2, 0) is 25.5 Å². The molecule has 166 valence electrons. The van der Waals surface area contributed by atoms with Crippen LogP contribution in [0.3, 0.4) is 0 Å². The van der Waals surface area contributed by atoms with E-state index >= 15 is 0 Å². The van der Waals surface area contributed by atoms with Crippen LogP contribution in [0.5, 0.6) is 0 Å². The van der Waals surface area contributed by atoms with Crippen LogP contribution in [0.2, 0.25) is 4.34 Å². The number of halogens is 1. The molecular formula is C22H26ClN3O4S. The molecule has 1 atom stereocenters. The molecule has 1 aromatic heterocycles. The number of ether oxygens (including phenoxy) is 1. The van der Waals surface area contributed by atoms with Crippen molar-refractivity contribution in [3.8, 4) is 0 Å². The molecule has 7 nitrogen and oxygen atoms in total. The first-order valence-electron chi connectivity index (χ1n) is 10.1. The van der Waals surface area contributed by atoms with Crippen molar-refractivity contribution in [2.75, 3.05) is 30.4 Å². The van der Waals surface area contributed by atoms with Gasteiger partial charge in [-0.1, -0.05) is 31.5 Å². The first-order valence-corrected chi connectivity index (χ1v) is 11.3. The standard InChI is InChI=1S/C22H26ClN3O4S/c1-13(2)22(29)26-10-4-5-14-6-7-15(11-16(14)26)25-21(28)20(27)24-12-17(30-3)18-8-9-19(23)31-18/h6-9,11,13,17H,4-5,10,12H2,1-3H3,(H,24,27)(H,25,28). The van der Waals surface area contributed by atoms with Crippen molar-refractivity contribution >= 4 is 52.0 Å². The number of carbonyl (C=O) groups excluding carboxylic acids is 3. The van der Waals surface area contributed by atoms with Crippen LogP contribution in [0.4, 0.5) is 11.4 Å². The molecule has 0 saturated heterocycles. The Morgan fingerprint density at radius 1 is 1.19 bits per heavy atom. The number of aryl methyl sites for hydroxylation is 1. The molecule has 0 fully saturated rings. The maximum Gasteiger partial charge on any atom is 0.313 e. The van der Waals surface area contributed by atoms with Gasteiger partial charge in [0.25, 0.3) is 0 Å². The van der Waals surface area contributed by atoms with E-state index in [2.05, 4.69) is 10.6 Å². The Labute approximate surface area is 190 Å². The average Bonchev–Trinajstić information content (AvgIpc) is 3.18. The number of fused-ring (bicyclic) bond motifs is 1. The molecule has 1 aliphatic rings. The number of methoxy groups -OCH3 is 1. The molecular weight excluding hydrogens is 438 g/mol. The van der Waals surface area contributed by atoms with Crippen molar-refractivity contribution < 1.29 is 19.1 Å². The SMILES string of the molecule is COC(CNC(=O)C(=O)Nc1ccc2c(c1)N(C(=O)C(C)C)CCC2)c1ccc(Cl)s1. The molecule has 2 N–H and O–H groups in total. The molecule has 31 heavy (non-hydrogen) atoms. The van der Waals surface area contributed by atoms with Gasteiger partial charge in [0.05, 0.1) is 4.34 Å². The highest BCUT2D eigenvalue weighted by Gasteiger charge is 2.25. The highest BCUT2D eigenvalue weighted by atomic mass is 35.5. The van der Waals surface area contributed by atoms with Gasteiger partial charge in [-0.05, 0) is 42.7 Å². The van der Waals surface area contributed by atoms with Crippen LogP contribution >= 0.6 is 22.9 Å². The van der Waals surface area contributed by atoms with E-state index in [1.807, 2.05) is 26.0 Å². The third kappa shape index (κ3) is 5.64. The maximum absolute atomic E-state index is 12.6. The second-order valence-electron chi connectivity index (χ2n) is 7.62. The molecule has 1 aromatic carbocycles. The van der Waals surface area contributed by atoms with Crippen molar-refractivity contribution in [2.24, 2.45) is 5.92 Å². The fourth-order valence-electron chi connectivity index (χ4n) is 3.45. The van der Waals surface area contributed by atoms with Crippen LogP contribution in [-0.4, -0.2) is 37.9 Å². The van der Waals surface area contributed by atoms with Crippen molar-refractivity contribution in [3.63, 3.8) is 0 Å². The third-order valence-electron chi connectivity index (χ3n) is 5.07. The van der Waals surface area contributed by atoms with Crippen LogP contribution in [0, 0.1) is 5.92 Å². The molecule has 2 heterocycles. The average molecular weight is 464 g/mol. The molecule has 2 aromatic rings. The predicted molar refractivity (Wildman–Crippen MR) is 123 cm³/mol. The first kappa shape index (κ1) is 23.2. The second kappa shape index (κ2) is 10.3. The maximum atomic E-state index is 12.6. The predicted octanol–water partition coefficient (Wildman–Crippen LogP) is 3.78. The van der Waals surface area contributed by atoms with Gasteiger partial charge in [-0.15, -0.1) is 11.3 Å².